The van der Waals surface area contributed by atoms with Crippen molar-refractivity contribution in [3.8, 4) is 45.7 Å². The summed E-state index contributed by atoms with van der Waals surface area (Å²) in [4.78, 5) is 73.4. The van der Waals surface area contributed by atoms with Gasteiger partial charge in [0.2, 0.25) is 0 Å². The van der Waals surface area contributed by atoms with Gasteiger partial charge in [0, 0.05) is 41.5 Å². The number of aromatic nitrogens is 6. The first-order valence-electron chi connectivity index (χ1n) is 21.0. The maximum Gasteiger partial charge on any atom is 0.348 e. The van der Waals surface area contributed by atoms with Crippen molar-refractivity contribution in [1.82, 2.24) is 34.2 Å². The Hall–Kier alpha value is -7.69. The highest BCUT2D eigenvalue weighted by atomic mass is 16.5. The van der Waals surface area contributed by atoms with E-state index in [9.17, 15) is 44.4 Å². The van der Waals surface area contributed by atoms with Crippen LogP contribution in [0, 0.1) is 5.92 Å². The molecule has 9 rings (SSSR count). The Morgan fingerprint density at radius 3 is 2.47 bits per heavy atom. The highest BCUT2D eigenvalue weighted by molar-refractivity contribution is 5.99. The third-order valence-corrected chi connectivity index (χ3v) is 13.1. The predicted octanol–water partition coefficient (Wildman–Crippen LogP) is 5.49. The number of nitrogens with one attached hydrogen (secondary N) is 2. The highest BCUT2D eigenvalue weighted by Crippen LogP contribution is 2.46. The number of carbonyl (C=O) groups excluding carboxylic acids is 2. The van der Waals surface area contributed by atoms with Gasteiger partial charge in [0.25, 0.3) is 11.5 Å². The fourth-order valence-electron chi connectivity index (χ4n) is 9.82. The van der Waals surface area contributed by atoms with E-state index in [0.29, 0.717) is 45.5 Å². The Morgan fingerprint density at radius 1 is 0.969 bits per heavy atom. The van der Waals surface area contributed by atoms with Crippen LogP contribution in [0.5, 0.6) is 17.2 Å². The molecular weight excluding hydrogens is 823 g/mol. The lowest BCUT2D eigenvalue weighted by Crippen LogP contribution is -2.52. The number of rotatable bonds is 11. The van der Waals surface area contributed by atoms with Crippen molar-refractivity contribution in [2.75, 3.05) is 6.54 Å². The number of aryl methyl sites for hydroxylation is 2. The van der Waals surface area contributed by atoms with Crippen molar-refractivity contribution in [3.05, 3.63) is 115 Å². The van der Waals surface area contributed by atoms with Gasteiger partial charge in [0.05, 0.1) is 46.2 Å². The Bertz CT molecular complexity index is 3270. The van der Waals surface area contributed by atoms with Crippen molar-refractivity contribution in [2.24, 2.45) is 13.0 Å². The third-order valence-electron chi connectivity index (χ3n) is 13.1. The first-order chi connectivity index (χ1) is 30.6. The van der Waals surface area contributed by atoms with Crippen LogP contribution in [0.4, 0.5) is 0 Å². The molecule has 2 unspecified atom stereocenters. The van der Waals surface area contributed by atoms with Gasteiger partial charge < -0.3 is 39.6 Å². The van der Waals surface area contributed by atoms with Crippen LogP contribution in [-0.4, -0.2) is 73.7 Å². The van der Waals surface area contributed by atoms with Gasteiger partial charge in [-0.25, -0.2) is 19.4 Å². The van der Waals surface area contributed by atoms with Crippen molar-refractivity contribution in [1.29, 1.82) is 0 Å². The number of cyclic esters (lactones) is 1. The summed E-state index contributed by atoms with van der Waals surface area (Å²) in [5.41, 5.74) is 3.09. The summed E-state index contributed by atoms with van der Waals surface area (Å²) in [5.74, 6) is -4.26. The maximum atomic E-state index is 14.3. The number of amides is 1. The number of carboxylic acids is 1. The van der Waals surface area contributed by atoms with E-state index in [1.807, 2.05) is 20.8 Å². The first-order valence-corrected chi connectivity index (χ1v) is 21.0. The minimum atomic E-state index is -1.77. The first kappa shape index (κ1) is 41.7. The Kier molecular flexibility index (Phi) is 9.95. The number of phenolic OH excluding ortho intramolecular Hbond substituents is 3. The molecule has 6 N–H and O–H groups in total. The second-order valence-electron chi connectivity index (χ2n) is 16.7. The van der Waals surface area contributed by atoms with Gasteiger partial charge in [0.15, 0.2) is 5.82 Å². The molecule has 2 aliphatic heterocycles. The largest absolute Gasteiger partial charge is 0.508 e. The van der Waals surface area contributed by atoms with Crippen molar-refractivity contribution in [3.63, 3.8) is 0 Å². The molecule has 1 amide bonds. The zero-order chi connectivity index (χ0) is 45.5. The number of benzene rings is 3. The third kappa shape index (κ3) is 6.24. The number of carbonyl (C=O) groups is 3. The molecule has 0 spiro atoms. The number of H-pyrrole nitrogens is 1. The van der Waals surface area contributed by atoms with Gasteiger partial charge in [-0.15, -0.1) is 0 Å². The molecular formula is C47H45N7O10. The lowest BCUT2D eigenvalue weighted by Gasteiger charge is -2.40. The number of hydrogen-bond acceptors (Lipinski definition) is 11. The Morgan fingerprint density at radius 2 is 1.75 bits per heavy atom. The molecule has 0 radical (unpaired) electrons. The molecule has 0 saturated carbocycles. The standard InChI is InChI=1S/C47H45N7O10/c1-6-26-28-16-25(55)9-10-34(28)49-40-30(26)20-53-36(40)18-33-31(43(53)59)21-64-45(62)47(33,7-2)32(44(60)61)12-13-48-42(58)37-15-23-14-24(8-11-35(23)52(37)5)54-41(50-51-46(54)63)29-17-27(22(3)4)38(56)19-39(29)57/h8-11,14-19,22,32,55-57H,6-7,12-13,20-21H2,1-5H3,(H,48,58)(H,51,63)(H,60,61). The fourth-order valence-corrected chi connectivity index (χ4v) is 9.82. The number of hydrogen-bond donors (Lipinski definition) is 6. The van der Waals surface area contributed by atoms with Crippen LogP contribution < -0.4 is 16.6 Å². The van der Waals surface area contributed by atoms with Gasteiger partial charge >= 0.3 is 17.6 Å². The number of fused-ring (bicyclic) bond motifs is 6. The molecule has 17 nitrogen and oxygen atoms in total. The van der Waals surface area contributed by atoms with Crippen LogP contribution in [0.1, 0.15) is 84.8 Å². The van der Waals surface area contributed by atoms with E-state index in [-0.39, 0.29) is 83.9 Å². The molecule has 0 bridgehead atoms. The lowest BCUT2D eigenvalue weighted by molar-refractivity contribution is -0.164. The van der Waals surface area contributed by atoms with Crippen molar-refractivity contribution in [2.45, 2.75) is 71.4 Å². The molecule has 0 fully saturated rings. The second-order valence-corrected chi connectivity index (χ2v) is 16.7. The molecule has 4 aromatic heterocycles. The quantitative estimate of drug-likeness (QED) is 0.0885. The topological polar surface area (TPSA) is 244 Å². The van der Waals surface area contributed by atoms with Crippen molar-refractivity contribution >= 4 is 39.7 Å². The van der Waals surface area contributed by atoms with Gasteiger partial charge in [0.1, 0.15) is 35.0 Å². The second kappa shape index (κ2) is 15.3. The lowest BCUT2D eigenvalue weighted by atomic mass is 9.65. The van der Waals surface area contributed by atoms with Crippen molar-refractivity contribution < 1.29 is 39.5 Å². The minimum Gasteiger partial charge on any atom is -0.508 e. The van der Waals surface area contributed by atoms with E-state index in [1.54, 1.807) is 71.6 Å². The minimum absolute atomic E-state index is 0.0115. The monoisotopic (exact) mass is 867 g/mol. The Labute approximate surface area is 364 Å². The molecule has 328 valence electrons. The van der Waals surface area contributed by atoms with Gasteiger partial charge in [-0.2, -0.15) is 5.10 Å². The summed E-state index contributed by atoms with van der Waals surface area (Å²) in [5, 5.41) is 53.0. The van der Waals surface area contributed by atoms with E-state index in [0.717, 1.165) is 16.5 Å². The fraction of sp³-hybridized carbons (Fsp3) is 0.298. The van der Waals surface area contributed by atoms with E-state index in [2.05, 4.69) is 15.5 Å². The van der Waals surface area contributed by atoms with Gasteiger partial charge in [-0.05, 0) is 96.5 Å². The van der Waals surface area contributed by atoms with Crippen LogP contribution in [0.15, 0.2) is 70.3 Å². The zero-order valence-corrected chi connectivity index (χ0v) is 35.6. The van der Waals surface area contributed by atoms with Crippen LogP contribution >= 0.6 is 0 Å². The zero-order valence-electron chi connectivity index (χ0n) is 35.6. The molecule has 0 saturated heterocycles. The summed E-state index contributed by atoms with van der Waals surface area (Å²) < 4.78 is 10.1. The summed E-state index contributed by atoms with van der Waals surface area (Å²) in [6.07, 6.45) is 0.400. The average Bonchev–Trinajstić information content (AvgIpc) is 3.94. The number of pyridine rings is 2. The number of phenols is 3. The molecule has 17 heteroatoms. The summed E-state index contributed by atoms with van der Waals surface area (Å²) >= 11 is 0. The van der Waals surface area contributed by atoms with E-state index < -0.39 is 40.4 Å². The summed E-state index contributed by atoms with van der Waals surface area (Å²) in [6, 6.07) is 16.1. The van der Waals surface area contributed by atoms with Gasteiger partial charge in [-0.3, -0.25) is 19.2 Å². The number of nitrogens with zero attached hydrogens (tertiary/aromatic N) is 5. The highest BCUT2D eigenvalue weighted by Gasteiger charge is 2.54. The molecule has 0 aliphatic carbocycles. The number of ether oxygens (including phenoxy) is 1. The molecule has 7 aromatic rings. The van der Waals surface area contributed by atoms with E-state index in [4.69, 9.17) is 9.72 Å². The van der Waals surface area contributed by atoms with E-state index in [1.165, 1.54) is 16.7 Å². The molecule has 6 heterocycles. The smallest absolute Gasteiger partial charge is 0.348 e. The van der Waals surface area contributed by atoms with Crippen LogP contribution in [0.3, 0.4) is 0 Å². The Balaban J connectivity index is 1.01. The number of esters is 1. The number of carboxylic acid groups (broad SMARTS) is 1. The van der Waals surface area contributed by atoms with Crippen LogP contribution in [-0.2, 0) is 46.4 Å². The molecule has 2 atom stereocenters. The molecule has 3 aromatic carbocycles. The van der Waals surface area contributed by atoms with Crippen LogP contribution in [0.25, 0.3) is 50.3 Å². The van der Waals surface area contributed by atoms with Crippen LogP contribution in [0.2, 0.25) is 0 Å². The maximum absolute atomic E-state index is 14.3. The van der Waals surface area contributed by atoms with Gasteiger partial charge in [-0.1, -0.05) is 27.7 Å². The van der Waals surface area contributed by atoms with E-state index >= 15 is 0 Å². The number of aliphatic carboxylic acids is 1. The SMILES string of the molecule is CCc1c2c(nc3ccc(O)cc13)-c1cc3c(c(=O)n1C2)COC(=O)C3(CC)C(CCNC(=O)c1cc2cc(-n3c(-c4cc(C(C)C)c(O)cc4O)n[nH]c3=O)ccc2n1C)C(=O)O. The molecule has 2 aliphatic rings. The number of aromatic amines is 1. The number of aromatic hydroxyl groups is 3. The average molecular weight is 868 g/mol. The summed E-state index contributed by atoms with van der Waals surface area (Å²) in [6.45, 7) is 7.16. The normalized spacial score (nSPS) is 15.9. The molecule has 64 heavy (non-hydrogen) atoms. The summed E-state index contributed by atoms with van der Waals surface area (Å²) in [7, 11) is 1.69. The predicted molar refractivity (Wildman–Crippen MR) is 235 cm³/mol.